The average molecular weight is 522 g/mol. The van der Waals surface area contributed by atoms with Gasteiger partial charge < -0.3 is 20.6 Å². The van der Waals surface area contributed by atoms with Crippen molar-refractivity contribution in [3.05, 3.63) is 65.4 Å². The minimum absolute atomic E-state index is 0.0134. The highest BCUT2D eigenvalue weighted by atomic mass is 16.4. The van der Waals surface area contributed by atoms with Gasteiger partial charge in [-0.1, -0.05) is 77.1 Å². The number of fused-ring (bicyclic) bond motifs is 1. The van der Waals surface area contributed by atoms with Gasteiger partial charge in [-0.2, -0.15) is 0 Å². The van der Waals surface area contributed by atoms with Gasteiger partial charge in [0.2, 0.25) is 11.8 Å². The number of carbonyl (C=O) groups is 4. The molecule has 0 spiro atoms. The summed E-state index contributed by atoms with van der Waals surface area (Å²) in [5.41, 5.74) is 0.177. The van der Waals surface area contributed by atoms with Crippen LogP contribution in [0.25, 0.3) is 16.8 Å². The number of rotatable bonds is 9. The fourth-order valence-corrected chi connectivity index (χ4v) is 4.10. The lowest BCUT2D eigenvalue weighted by Gasteiger charge is -2.37. The van der Waals surface area contributed by atoms with Crippen LogP contribution in [0.5, 0.6) is 0 Å². The molecule has 0 aromatic heterocycles. The molecule has 0 saturated carbocycles. The number of carbonyl (C=O) groups excluding carboxylic acids is 3. The first-order valence-electron chi connectivity index (χ1n) is 12.6. The Balaban J connectivity index is 2.43. The van der Waals surface area contributed by atoms with E-state index >= 15 is 0 Å². The molecular weight excluding hydrogens is 482 g/mol. The maximum absolute atomic E-state index is 13.7. The second kappa shape index (κ2) is 12.5. The summed E-state index contributed by atoms with van der Waals surface area (Å²) in [4.78, 5) is 52.0. The summed E-state index contributed by atoms with van der Waals surface area (Å²) < 4.78 is 0. The summed E-state index contributed by atoms with van der Waals surface area (Å²) >= 11 is 0. The van der Waals surface area contributed by atoms with Crippen molar-refractivity contribution in [3.8, 4) is 0 Å². The van der Waals surface area contributed by atoms with E-state index in [4.69, 9.17) is 0 Å². The molecule has 3 N–H and O–H groups in total. The fourth-order valence-electron chi connectivity index (χ4n) is 4.10. The van der Waals surface area contributed by atoms with Crippen molar-refractivity contribution in [3.63, 3.8) is 0 Å². The van der Waals surface area contributed by atoms with Gasteiger partial charge in [-0.3, -0.25) is 14.4 Å². The molecule has 2 aromatic rings. The van der Waals surface area contributed by atoms with Gasteiger partial charge in [0.15, 0.2) is 0 Å². The molecule has 0 fully saturated rings. The molecule has 0 radical (unpaired) electrons. The molecule has 0 saturated heterocycles. The molecule has 8 heteroatoms. The molecule has 0 aliphatic rings. The lowest BCUT2D eigenvalue weighted by Crippen LogP contribution is -2.57. The molecular formula is C30H39N3O5. The monoisotopic (exact) mass is 521 g/mol. The summed E-state index contributed by atoms with van der Waals surface area (Å²) in [6, 6.07) is 12.0. The van der Waals surface area contributed by atoms with E-state index in [0.29, 0.717) is 5.56 Å². The van der Waals surface area contributed by atoms with Crippen molar-refractivity contribution in [2.75, 3.05) is 7.05 Å². The Bertz CT molecular complexity index is 1270. The van der Waals surface area contributed by atoms with E-state index < -0.39 is 35.3 Å². The van der Waals surface area contributed by atoms with Crippen LogP contribution in [-0.4, -0.2) is 52.8 Å². The van der Waals surface area contributed by atoms with E-state index in [-0.39, 0.29) is 23.1 Å². The van der Waals surface area contributed by atoms with Crippen LogP contribution in [0.1, 0.15) is 54.0 Å². The minimum Gasteiger partial charge on any atom is -0.478 e. The maximum atomic E-state index is 13.7. The third kappa shape index (κ3) is 8.03. The fraction of sp³-hybridized carbons (Fsp3) is 0.400. The summed E-state index contributed by atoms with van der Waals surface area (Å²) in [5.74, 6) is -2.52. The van der Waals surface area contributed by atoms with Crippen LogP contribution in [0.4, 0.5) is 0 Å². The van der Waals surface area contributed by atoms with Crippen molar-refractivity contribution in [1.29, 1.82) is 0 Å². The van der Waals surface area contributed by atoms with Crippen molar-refractivity contribution < 1.29 is 24.3 Å². The lowest BCUT2D eigenvalue weighted by atomic mass is 9.85. The zero-order chi connectivity index (χ0) is 28.8. The second-order valence-electron chi connectivity index (χ2n) is 11.0. The molecule has 0 aliphatic heterocycles. The van der Waals surface area contributed by atoms with Gasteiger partial charge in [0.1, 0.15) is 11.7 Å². The zero-order valence-electron chi connectivity index (χ0n) is 23.5. The third-order valence-corrected chi connectivity index (χ3v) is 6.26. The van der Waals surface area contributed by atoms with E-state index in [9.17, 15) is 24.3 Å². The average Bonchev–Trinajstić information content (AvgIpc) is 2.82. The molecule has 3 amide bonds. The smallest absolute Gasteiger partial charge is 0.331 e. The highest BCUT2D eigenvalue weighted by molar-refractivity contribution is 6.03. The van der Waals surface area contributed by atoms with Crippen LogP contribution >= 0.6 is 0 Å². The highest BCUT2D eigenvalue weighted by Gasteiger charge is 2.37. The summed E-state index contributed by atoms with van der Waals surface area (Å²) in [6.07, 6.45) is 3.13. The molecule has 2 rings (SSSR count). The number of aliphatic carboxylic acids is 1. The van der Waals surface area contributed by atoms with E-state index in [0.717, 1.165) is 10.8 Å². The third-order valence-electron chi connectivity index (χ3n) is 6.26. The van der Waals surface area contributed by atoms with Crippen LogP contribution in [-0.2, 0) is 19.2 Å². The van der Waals surface area contributed by atoms with Gasteiger partial charge >= 0.3 is 5.97 Å². The molecule has 204 valence electrons. The zero-order valence-corrected chi connectivity index (χ0v) is 23.5. The number of carboxylic acid groups (broad SMARTS) is 1. The number of nitrogens with zero attached hydrogens (tertiary/aromatic N) is 1. The Morgan fingerprint density at radius 3 is 2.11 bits per heavy atom. The number of nitrogens with one attached hydrogen (secondary N) is 2. The normalized spacial score (nSPS) is 14.1. The van der Waals surface area contributed by atoms with E-state index in [1.54, 1.807) is 19.2 Å². The number of likely N-dealkylation sites (N-methyl/N-ethyl adjacent to an activating group) is 1. The largest absolute Gasteiger partial charge is 0.478 e. The highest BCUT2D eigenvalue weighted by Crippen LogP contribution is 2.24. The molecule has 2 aromatic carbocycles. The van der Waals surface area contributed by atoms with Gasteiger partial charge in [-0.15, -0.1) is 0 Å². The number of amides is 3. The van der Waals surface area contributed by atoms with Crippen molar-refractivity contribution >= 4 is 40.5 Å². The summed E-state index contributed by atoms with van der Waals surface area (Å²) in [6.45, 7) is 12.1. The first kappa shape index (κ1) is 30.3. The van der Waals surface area contributed by atoms with Crippen LogP contribution in [0, 0.1) is 11.3 Å². The lowest BCUT2D eigenvalue weighted by molar-refractivity contribution is -0.139. The Morgan fingerprint density at radius 2 is 1.58 bits per heavy atom. The van der Waals surface area contributed by atoms with Crippen LogP contribution in [0.15, 0.2) is 59.8 Å². The quantitative estimate of drug-likeness (QED) is 0.424. The van der Waals surface area contributed by atoms with E-state index in [1.165, 1.54) is 18.7 Å². The van der Waals surface area contributed by atoms with Crippen molar-refractivity contribution in [2.24, 2.45) is 11.3 Å². The van der Waals surface area contributed by atoms with E-state index in [2.05, 4.69) is 10.6 Å². The second-order valence-corrected chi connectivity index (χ2v) is 11.0. The van der Waals surface area contributed by atoms with Gasteiger partial charge in [0, 0.05) is 19.5 Å². The minimum atomic E-state index is -1.06. The molecule has 2 atom stereocenters. The Labute approximate surface area is 224 Å². The number of benzene rings is 2. The molecule has 0 heterocycles. The molecule has 0 aliphatic carbocycles. The number of hydrogen-bond donors (Lipinski definition) is 3. The standard InChI is InChI=1S/C30H39N3O5/c1-18(2)25(15-19(3)29(37)38)33(8)28(36)26(30(5,6)7)32-27(35)24(31-20(4)34)17-21-13-14-22-11-9-10-12-23(22)16-21/h9-18,25-26H,1-8H3,(H,31,34)(H,32,35)(H,37,38)/b19-15+,24-17-/t25-,26-/m1/s1. The molecule has 0 bridgehead atoms. The first-order chi connectivity index (χ1) is 17.6. The maximum Gasteiger partial charge on any atom is 0.331 e. The summed E-state index contributed by atoms with van der Waals surface area (Å²) in [7, 11) is 1.60. The summed E-state index contributed by atoms with van der Waals surface area (Å²) in [5, 5.41) is 16.8. The molecule has 0 unspecified atom stereocenters. The Hall–Kier alpha value is -3.94. The van der Waals surface area contributed by atoms with Crippen molar-refractivity contribution in [1.82, 2.24) is 15.5 Å². The number of carboxylic acids is 1. The predicted octanol–water partition coefficient (Wildman–Crippen LogP) is 4.36. The van der Waals surface area contributed by atoms with Crippen LogP contribution in [0.2, 0.25) is 0 Å². The van der Waals surface area contributed by atoms with Gasteiger partial charge in [0.05, 0.1) is 6.04 Å². The predicted molar refractivity (Wildman–Crippen MR) is 150 cm³/mol. The Morgan fingerprint density at radius 1 is 0.974 bits per heavy atom. The topological polar surface area (TPSA) is 116 Å². The molecule has 38 heavy (non-hydrogen) atoms. The Kier molecular flexibility index (Phi) is 9.99. The van der Waals surface area contributed by atoms with Crippen LogP contribution in [0.3, 0.4) is 0 Å². The van der Waals surface area contributed by atoms with Gasteiger partial charge in [-0.25, -0.2) is 4.79 Å². The number of hydrogen-bond acceptors (Lipinski definition) is 4. The molecule has 8 nitrogen and oxygen atoms in total. The first-order valence-corrected chi connectivity index (χ1v) is 12.6. The van der Waals surface area contributed by atoms with Crippen LogP contribution < -0.4 is 10.6 Å². The van der Waals surface area contributed by atoms with Gasteiger partial charge in [-0.05, 0) is 46.7 Å². The van der Waals surface area contributed by atoms with Gasteiger partial charge in [0.25, 0.3) is 5.91 Å². The van der Waals surface area contributed by atoms with E-state index in [1.807, 2.05) is 77.1 Å². The SMILES string of the molecule is CC(=O)N/C(=C\c1ccc2ccccc2c1)C(=O)N[C@H](C(=O)N(C)[C@H](/C=C(\C)C(=O)O)C(C)C)C(C)(C)C. The van der Waals surface area contributed by atoms with Crippen molar-refractivity contribution in [2.45, 2.75) is 60.5 Å².